The molecule has 0 saturated carbocycles. The van der Waals surface area contributed by atoms with Gasteiger partial charge in [-0.3, -0.25) is 4.90 Å². The maximum atomic E-state index is 13.0. The number of carbonyl (C=O) groups excluding carboxylic acids is 2. The van der Waals surface area contributed by atoms with Crippen LogP contribution in [0.4, 0.5) is 15.4 Å². The molecule has 2 unspecified atom stereocenters. The van der Waals surface area contributed by atoms with Crippen LogP contribution in [0.15, 0.2) is 30.3 Å². The predicted octanol–water partition coefficient (Wildman–Crippen LogP) is 4.05. The Kier molecular flexibility index (Phi) is 8.53. The highest BCUT2D eigenvalue weighted by molar-refractivity contribution is 5.70. The van der Waals surface area contributed by atoms with Crippen molar-refractivity contribution >= 4 is 18.0 Å². The molecule has 1 aromatic heterocycles. The lowest BCUT2D eigenvalue weighted by Gasteiger charge is -2.41. The first-order chi connectivity index (χ1) is 19.6. The smallest absolute Gasteiger partial charge is 0.410 e. The third-order valence-electron chi connectivity index (χ3n) is 7.83. The number of hydrogen-bond acceptors (Lipinski definition) is 9. The molecule has 3 aliphatic heterocycles. The van der Waals surface area contributed by atoms with Crippen LogP contribution in [0, 0.1) is 0 Å². The van der Waals surface area contributed by atoms with Crippen LogP contribution < -0.4 is 9.64 Å². The number of anilines is 1. The van der Waals surface area contributed by atoms with E-state index < -0.39 is 11.7 Å². The maximum Gasteiger partial charge on any atom is 0.410 e. The zero-order chi connectivity index (χ0) is 29.1. The second kappa shape index (κ2) is 12.1. The SMILES string of the molecule is CC1CN(C(=O)OC(C)(C)C)CCN1c1nc(OCC2CCCN2C)nc2c1CN(C(=O)OCc1ccccc1)C2. The van der Waals surface area contributed by atoms with Gasteiger partial charge in [0.25, 0.3) is 0 Å². The number of amides is 2. The van der Waals surface area contributed by atoms with Crippen LogP contribution in [0.2, 0.25) is 0 Å². The van der Waals surface area contributed by atoms with E-state index in [4.69, 9.17) is 24.2 Å². The number of fused-ring (bicyclic) bond motifs is 1. The Labute approximate surface area is 242 Å². The van der Waals surface area contributed by atoms with Gasteiger partial charge < -0.3 is 28.9 Å². The summed E-state index contributed by atoms with van der Waals surface area (Å²) in [5, 5.41) is 0. The Morgan fingerprint density at radius 3 is 2.46 bits per heavy atom. The summed E-state index contributed by atoms with van der Waals surface area (Å²) in [4.78, 5) is 43.3. The number of carbonyl (C=O) groups is 2. The van der Waals surface area contributed by atoms with Crippen LogP contribution in [0.3, 0.4) is 0 Å². The molecule has 41 heavy (non-hydrogen) atoms. The number of hydrogen-bond donors (Lipinski definition) is 0. The average Bonchev–Trinajstić information content (AvgIpc) is 3.55. The molecule has 2 fully saturated rings. The van der Waals surface area contributed by atoms with Crippen LogP contribution in [0.1, 0.15) is 57.4 Å². The standard InChI is InChI=1S/C30H42N6O5/c1-21-16-34(29(38)41-30(2,3)4)14-15-36(21)26-24-17-35(28(37)40-19-22-10-7-6-8-11-22)18-25(24)31-27(32-26)39-20-23-12-9-13-33(23)5/h6-8,10-11,21,23H,9,12-20H2,1-5H3. The van der Waals surface area contributed by atoms with Crippen molar-refractivity contribution < 1.29 is 23.8 Å². The van der Waals surface area contributed by atoms with Gasteiger partial charge in [-0.05, 0) is 59.7 Å². The second-order valence-electron chi connectivity index (χ2n) is 12.2. The fraction of sp³-hybridized carbons (Fsp3) is 0.600. The Hall–Kier alpha value is -3.60. The predicted molar refractivity (Wildman–Crippen MR) is 154 cm³/mol. The summed E-state index contributed by atoms with van der Waals surface area (Å²) in [6, 6.07) is 10.3. The molecule has 4 heterocycles. The monoisotopic (exact) mass is 566 g/mol. The van der Waals surface area contributed by atoms with Crippen molar-refractivity contribution in [2.24, 2.45) is 0 Å². The minimum atomic E-state index is -0.552. The van der Waals surface area contributed by atoms with E-state index in [-0.39, 0.29) is 18.7 Å². The summed E-state index contributed by atoms with van der Waals surface area (Å²) in [6.07, 6.45) is 1.53. The fourth-order valence-electron chi connectivity index (χ4n) is 5.58. The van der Waals surface area contributed by atoms with Crippen molar-refractivity contribution in [2.45, 2.75) is 77.9 Å². The second-order valence-corrected chi connectivity index (χ2v) is 12.2. The topological polar surface area (TPSA) is 101 Å². The highest BCUT2D eigenvalue weighted by Gasteiger charge is 2.36. The van der Waals surface area contributed by atoms with Gasteiger partial charge in [-0.15, -0.1) is 0 Å². The summed E-state index contributed by atoms with van der Waals surface area (Å²) in [5.74, 6) is 0.750. The molecule has 1 aromatic carbocycles. The first-order valence-electron chi connectivity index (χ1n) is 14.5. The maximum absolute atomic E-state index is 13.0. The molecule has 11 nitrogen and oxygen atoms in total. The van der Waals surface area contributed by atoms with E-state index in [0.29, 0.717) is 51.4 Å². The Balaban J connectivity index is 1.33. The van der Waals surface area contributed by atoms with Gasteiger partial charge in [0, 0.05) is 37.3 Å². The number of rotatable bonds is 6. The van der Waals surface area contributed by atoms with Crippen molar-refractivity contribution in [3.05, 3.63) is 47.2 Å². The van der Waals surface area contributed by atoms with Crippen LogP contribution in [-0.4, -0.2) is 94.4 Å². The van der Waals surface area contributed by atoms with Crippen LogP contribution in [-0.2, 0) is 29.2 Å². The summed E-state index contributed by atoms with van der Waals surface area (Å²) >= 11 is 0. The zero-order valence-electron chi connectivity index (χ0n) is 24.8. The summed E-state index contributed by atoms with van der Waals surface area (Å²) in [6.45, 7) is 11.7. The van der Waals surface area contributed by atoms with Gasteiger partial charge in [0.1, 0.15) is 24.6 Å². The lowest BCUT2D eigenvalue weighted by atomic mass is 10.1. The summed E-state index contributed by atoms with van der Waals surface area (Å²) < 4.78 is 17.4. The molecule has 5 rings (SSSR count). The molecule has 2 amide bonds. The van der Waals surface area contributed by atoms with Gasteiger partial charge in [-0.1, -0.05) is 30.3 Å². The molecule has 0 bridgehead atoms. The fourth-order valence-corrected chi connectivity index (χ4v) is 5.58. The number of ether oxygens (including phenoxy) is 3. The molecule has 0 radical (unpaired) electrons. The number of likely N-dealkylation sites (tertiary alicyclic amines) is 1. The average molecular weight is 567 g/mol. The zero-order valence-corrected chi connectivity index (χ0v) is 24.8. The van der Waals surface area contributed by atoms with Gasteiger partial charge in [0.05, 0.1) is 18.8 Å². The summed E-state index contributed by atoms with van der Waals surface area (Å²) in [5.41, 5.74) is 2.04. The molecule has 11 heteroatoms. The van der Waals surface area contributed by atoms with E-state index in [1.165, 1.54) is 0 Å². The quantitative estimate of drug-likeness (QED) is 0.513. The molecule has 0 N–H and O–H groups in total. The third-order valence-corrected chi connectivity index (χ3v) is 7.83. The lowest BCUT2D eigenvalue weighted by Crippen LogP contribution is -2.55. The number of likely N-dealkylation sites (N-methyl/N-ethyl adjacent to an activating group) is 1. The van der Waals surface area contributed by atoms with Crippen molar-refractivity contribution in [3.8, 4) is 6.01 Å². The van der Waals surface area contributed by atoms with Gasteiger partial charge in [0.2, 0.25) is 0 Å². The van der Waals surface area contributed by atoms with Crippen molar-refractivity contribution in [2.75, 3.05) is 44.7 Å². The Morgan fingerprint density at radius 2 is 1.78 bits per heavy atom. The molecular formula is C30H42N6O5. The minimum Gasteiger partial charge on any atom is -0.462 e. The number of piperazine rings is 1. The Bertz CT molecular complexity index is 1240. The van der Waals surface area contributed by atoms with E-state index in [9.17, 15) is 9.59 Å². The number of aromatic nitrogens is 2. The van der Waals surface area contributed by atoms with Crippen molar-refractivity contribution in [1.29, 1.82) is 0 Å². The molecular weight excluding hydrogens is 524 g/mol. The Morgan fingerprint density at radius 1 is 1.00 bits per heavy atom. The van der Waals surface area contributed by atoms with Crippen molar-refractivity contribution in [3.63, 3.8) is 0 Å². The largest absolute Gasteiger partial charge is 0.462 e. The molecule has 2 aromatic rings. The van der Waals surface area contributed by atoms with E-state index in [2.05, 4.69) is 23.8 Å². The van der Waals surface area contributed by atoms with E-state index >= 15 is 0 Å². The molecule has 2 atom stereocenters. The first-order valence-corrected chi connectivity index (χ1v) is 14.5. The minimum absolute atomic E-state index is 0.0248. The lowest BCUT2D eigenvalue weighted by molar-refractivity contribution is 0.0218. The molecule has 0 spiro atoms. The van der Waals surface area contributed by atoms with E-state index in [1.54, 1.807) is 9.80 Å². The normalized spacial score (nSPS) is 21.1. The number of benzene rings is 1. The van der Waals surface area contributed by atoms with Crippen LogP contribution in [0.5, 0.6) is 6.01 Å². The van der Waals surface area contributed by atoms with Crippen LogP contribution in [0.25, 0.3) is 0 Å². The van der Waals surface area contributed by atoms with Gasteiger partial charge >= 0.3 is 18.2 Å². The first kappa shape index (κ1) is 28.9. The van der Waals surface area contributed by atoms with Gasteiger partial charge in [-0.2, -0.15) is 9.97 Å². The van der Waals surface area contributed by atoms with Crippen LogP contribution >= 0.6 is 0 Å². The van der Waals surface area contributed by atoms with Gasteiger partial charge in [0.15, 0.2) is 0 Å². The highest BCUT2D eigenvalue weighted by Crippen LogP contribution is 2.34. The van der Waals surface area contributed by atoms with Gasteiger partial charge in [-0.25, -0.2) is 9.59 Å². The molecule has 222 valence electrons. The van der Waals surface area contributed by atoms with E-state index in [0.717, 1.165) is 42.0 Å². The number of nitrogens with zero attached hydrogens (tertiary/aromatic N) is 6. The molecule has 0 aliphatic carbocycles. The third kappa shape index (κ3) is 7.01. The summed E-state index contributed by atoms with van der Waals surface area (Å²) in [7, 11) is 2.11. The van der Waals surface area contributed by atoms with Crippen molar-refractivity contribution in [1.82, 2.24) is 24.7 Å². The molecule has 3 aliphatic rings. The van der Waals surface area contributed by atoms with E-state index in [1.807, 2.05) is 51.1 Å². The molecule has 2 saturated heterocycles. The highest BCUT2D eigenvalue weighted by atomic mass is 16.6.